The molecule has 1 atom stereocenters. The molecule has 0 amide bonds. The Morgan fingerprint density at radius 1 is 1.33 bits per heavy atom. The lowest BCUT2D eigenvalue weighted by atomic mass is 10.1. The van der Waals surface area contributed by atoms with Crippen LogP contribution >= 0.6 is 0 Å². The van der Waals surface area contributed by atoms with E-state index in [4.69, 9.17) is 5.11 Å². The lowest BCUT2D eigenvalue weighted by Crippen LogP contribution is -2.44. The molecule has 1 aliphatic rings. The average molecular weight is 278 g/mol. The molecule has 106 valence electrons. The molecule has 6 nitrogen and oxygen atoms in total. The number of rotatable bonds is 7. The van der Waals surface area contributed by atoms with E-state index in [0.29, 0.717) is 6.54 Å². The molecule has 2 N–H and O–H groups in total. The number of likely N-dealkylation sites (tertiary alicyclic amines) is 1. The van der Waals surface area contributed by atoms with Crippen molar-refractivity contribution in [3.63, 3.8) is 0 Å². The third-order valence-corrected chi connectivity index (χ3v) is 4.45. The predicted molar refractivity (Wildman–Crippen MR) is 68.9 cm³/mol. The molecular weight excluding hydrogens is 256 g/mol. The molecule has 1 fully saturated rings. The fraction of sp³-hybridized carbons (Fsp3) is 0.909. The first kappa shape index (κ1) is 15.4. The summed E-state index contributed by atoms with van der Waals surface area (Å²) in [5.41, 5.74) is 0. The maximum absolute atomic E-state index is 11.6. The summed E-state index contributed by atoms with van der Waals surface area (Å²) < 4.78 is 25.7. The quantitative estimate of drug-likeness (QED) is 0.697. The summed E-state index contributed by atoms with van der Waals surface area (Å²) in [5.74, 6) is -1.45. The van der Waals surface area contributed by atoms with E-state index in [1.807, 2.05) is 6.92 Å². The largest absolute Gasteiger partial charge is 0.481 e. The van der Waals surface area contributed by atoms with Gasteiger partial charge in [0.2, 0.25) is 10.0 Å². The lowest BCUT2D eigenvalue weighted by molar-refractivity contribution is -0.136. The van der Waals surface area contributed by atoms with Crippen LogP contribution in [0.3, 0.4) is 0 Å². The first-order valence-corrected chi connectivity index (χ1v) is 7.98. The molecule has 0 aromatic carbocycles. The minimum absolute atomic E-state index is 0.179. The molecular formula is C11H22N2O4S. The number of nitrogens with zero attached hydrogens (tertiary/aromatic N) is 1. The van der Waals surface area contributed by atoms with Gasteiger partial charge in [0.25, 0.3) is 0 Å². The highest BCUT2D eigenvalue weighted by molar-refractivity contribution is 7.89. The molecule has 1 aliphatic heterocycles. The standard InChI is InChI=1S/C11H22N2O4S/c1-10(9-13-6-3-2-4-7-13)12-18(16,17)8-5-11(14)15/h10,12H,2-9H2,1H3,(H,14,15). The summed E-state index contributed by atoms with van der Waals surface area (Å²) >= 11 is 0. The third kappa shape index (κ3) is 6.32. The van der Waals surface area contributed by atoms with Gasteiger partial charge >= 0.3 is 5.97 Å². The zero-order valence-electron chi connectivity index (χ0n) is 10.8. The van der Waals surface area contributed by atoms with Crippen LogP contribution in [0.15, 0.2) is 0 Å². The van der Waals surface area contributed by atoms with E-state index in [1.165, 1.54) is 19.3 Å². The van der Waals surface area contributed by atoms with Crippen molar-refractivity contribution in [1.29, 1.82) is 0 Å². The first-order chi connectivity index (χ1) is 8.39. The maximum Gasteiger partial charge on any atom is 0.304 e. The number of hydrogen-bond donors (Lipinski definition) is 2. The molecule has 0 aromatic heterocycles. The minimum Gasteiger partial charge on any atom is -0.481 e. The monoisotopic (exact) mass is 278 g/mol. The summed E-state index contributed by atoms with van der Waals surface area (Å²) in [6.45, 7) is 4.53. The molecule has 7 heteroatoms. The van der Waals surface area contributed by atoms with Gasteiger partial charge in [-0.3, -0.25) is 4.79 Å². The zero-order valence-corrected chi connectivity index (χ0v) is 11.6. The number of nitrogens with one attached hydrogen (secondary N) is 1. The van der Waals surface area contributed by atoms with Crippen molar-refractivity contribution in [2.75, 3.05) is 25.4 Å². The van der Waals surface area contributed by atoms with Crippen LogP contribution in [0, 0.1) is 0 Å². The van der Waals surface area contributed by atoms with Crippen molar-refractivity contribution in [3.05, 3.63) is 0 Å². The molecule has 0 aromatic rings. The fourth-order valence-electron chi connectivity index (χ4n) is 2.15. The molecule has 0 bridgehead atoms. The summed E-state index contributed by atoms with van der Waals surface area (Å²) in [5, 5.41) is 8.47. The van der Waals surface area contributed by atoms with Gasteiger partial charge in [0.1, 0.15) is 0 Å². The van der Waals surface area contributed by atoms with Crippen LogP contribution in [-0.2, 0) is 14.8 Å². The summed E-state index contributed by atoms with van der Waals surface area (Å²) in [6.07, 6.45) is 3.22. The van der Waals surface area contributed by atoms with Crippen LogP contribution in [0.5, 0.6) is 0 Å². The second-order valence-corrected chi connectivity index (χ2v) is 6.72. The van der Waals surface area contributed by atoms with Gasteiger partial charge in [0.05, 0.1) is 12.2 Å². The summed E-state index contributed by atoms with van der Waals surface area (Å²) in [4.78, 5) is 12.6. The Balaban J connectivity index is 2.33. The van der Waals surface area contributed by atoms with Gasteiger partial charge in [0.15, 0.2) is 0 Å². The Kier molecular flexibility index (Phi) is 6.04. The van der Waals surface area contributed by atoms with Gasteiger partial charge < -0.3 is 10.0 Å². The van der Waals surface area contributed by atoms with E-state index in [9.17, 15) is 13.2 Å². The minimum atomic E-state index is -3.48. The van der Waals surface area contributed by atoms with Crippen LogP contribution < -0.4 is 4.72 Å². The van der Waals surface area contributed by atoms with E-state index >= 15 is 0 Å². The van der Waals surface area contributed by atoms with Crippen molar-refractivity contribution in [2.24, 2.45) is 0 Å². The molecule has 0 aliphatic carbocycles. The van der Waals surface area contributed by atoms with Crippen LogP contribution in [0.25, 0.3) is 0 Å². The van der Waals surface area contributed by atoms with Crippen molar-refractivity contribution in [3.8, 4) is 0 Å². The number of carboxylic acids is 1. The van der Waals surface area contributed by atoms with E-state index in [-0.39, 0.29) is 18.2 Å². The number of sulfonamides is 1. The zero-order chi connectivity index (χ0) is 13.6. The van der Waals surface area contributed by atoms with Crippen molar-refractivity contribution >= 4 is 16.0 Å². The number of carbonyl (C=O) groups is 1. The van der Waals surface area contributed by atoms with Gasteiger partial charge in [-0.2, -0.15) is 0 Å². The predicted octanol–water partition coefficient (Wildman–Crippen LogP) is 0.255. The summed E-state index contributed by atoms with van der Waals surface area (Å²) in [6, 6.07) is -0.179. The third-order valence-electron chi connectivity index (χ3n) is 2.95. The van der Waals surface area contributed by atoms with Gasteiger partial charge in [0, 0.05) is 12.6 Å². The SMILES string of the molecule is CC(CN1CCCCC1)NS(=O)(=O)CCC(=O)O. The van der Waals surface area contributed by atoms with Gasteiger partial charge in [-0.1, -0.05) is 6.42 Å². The smallest absolute Gasteiger partial charge is 0.304 e. The van der Waals surface area contributed by atoms with Gasteiger partial charge in [-0.15, -0.1) is 0 Å². The van der Waals surface area contributed by atoms with Gasteiger partial charge in [-0.25, -0.2) is 13.1 Å². The Labute approximate surface area is 108 Å². The second-order valence-electron chi connectivity index (χ2n) is 4.84. The van der Waals surface area contributed by atoms with Crippen LogP contribution in [0.4, 0.5) is 0 Å². The first-order valence-electron chi connectivity index (χ1n) is 6.33. The highest BCUT2D eigenvalue weighted by atomic mass is 32.2. The number of carboxylic acid groups (broad SMARTS) is 1. The molecule has 0 radical (unpaired) electrons. The van der Waals surface area contributed by atoms with E-state index in [1.54, 1.807) is 0 Å². The van der Waals surface area contributed by atoms with Crippen molar-refractivity contribution in [2.45, 2.75) is 38.6 Å². The number of hydrogen-bond acceptors (Lipinski definition) is 4. The average Bonchev–Trinajstić information content (AvgIpc) is 2.27. The maximum atomic E-state index is 11.6. The highest BCUT2D eigenvalue weighted by Gasteiger charge is 2.19. The fourth-order valence-corrected chi connectivity index (χ4v) is 3.40. The molecule has 1 rings (SSSR count). The molecule has 1 unspecified atom stereocenters. The number of aliphatic carboxylic acids is 1. The molecule has 18 heavy (non-hydrogen) atoms. The van der Waals surface area contributed by atoms with Crippen molar-refractivity contribution in [1.82, 2.24) is 9.62 Å². The summed E-state index contributed by atoms with van der Waals surface area (Å²) in [7, 11) is -3.48. The van der Waals surface area contributed by atoms with Crippen LogP contribution in [-0.4, -0.2) is 55.8 Å². The van der Waals surface area contributed by atoms with E-state index in [2.05, 4.69) is 9.62 Å². The number of piperidine rings is 1. The van der Waals surface area contributed by atoms with Crippen molar-refractivity contribution < 1.29 is 18.3 Å². The topological polar surface area (TPSA) is 86.7 Å². The Morgan fingerprint density at radius 2 is 1.94 bits per heavy atom. The van der Waals surface area contributed by atoms with E-state index in [0.717, 1.165) is 13.1 Å². The second kappa shape index (κ2) is 7.06. The van der Waals surface area contributed by atoms with Crippen LogP contribution in [0.1, 0.15) is 32.6 Å². The molecule has 0 spiro atoms. The lowest BCUT2D eigenvalue weighted by Gasteiger charge is -2.29. The normalized spacial score (nSPS) is 19.6. The van der Waals surface area contributed by atoms with Crippen LogP contribution in [0.2, 0.25) is 0 Å². The van der Waals surface area contributed by atoms with Gasteiger partial charge in [-0.05, 0) is 32.9 Å². The Bertz CT molecular complexity index is 363. The van der Waals surface area contributed by atoms with E-state index < -0.39 is 16.0 Å². The molecule has 0 saturated carbocycles. The molecule has 1 heterocycles. The molecule has 1 saturated heterocycles. The highest BCUT2D eigenvalue weighted by Crippen LogP contribution is 2.09. The Morgan fingerprint density at radius 3 is 2.50 bits per heavy atom. The Hall–Kier alpha value is -0.660.